The standard InChI is InChI=1S/C15H16ClNO/c1-10-9-15(16)11(2)8-14(10)12(3)13-4-6-17(18)7-5-13/h4-9,12H,1-3H3/t12-/m0/s1. The first-order valence-corrected chi connectivity index (χ1v) is 6.32. The Labute approximate surface area is 112 Å². The lowest BCUT2D eigenvalue weighted by molar-refractivity contribution is -0.605. The van der Waals surface area contributed by atoms with E-state index in [-0.39, 0.29) is 5.92 Å². The molecule has 2 aromatic rings. The number of nitrogens with zero attached hydrogens (tertiary/aromatic N) is 1. The summed E-state index contributed by atoms with van der Waals surface area (Å²) in [5.41, 5.74) is 4.64. The van der Waals surface area contributed by atoms with Gasteiger partial charge >= 0.3 is 0 Å². The molecule has 0 aliphatic carbocycles. The van der Waals surface area contributed by atoms with Crippen molar-refractivity contribution >= 4 is 11.6 Å². The van der Waals surface area contributed by atoms with Crippen molar-refractivity contribution in [1.29, 1.82) is 0 Å². The van der Waals surface area contributed by atoms with Crippen LogP contribution in [0.1, 0.15) is 35.1 Å². The average molecular weight is 262 g/mol. The SMILES string of the molecule is Cc1cc([C@@H](C)c2cc[n+]([O-])cc2)c(C)cc1Cl. The highest BCUT2D eigenvalue weighted by molar-refractivity contribution is 6.31. The van der Waals surface area contributed by atoms with Crippen LogP contribution in [0.15, 0.2) is 36.7 Å². The summed E-state index contributed by atoms with van der Waals surface area (Å²) in [5, 5.41) is 11.8. The van der Waals surface area contributed by atoms with Crippen molar-refractivity contribution < 1.29 is 4.73 Å². The molecule has 0 bridgehead atoms. The summed E-state index contributed by atoms with van der Waals surface area (Å²) in [4.78, 5) is 0. The molecule has 1 heterocycles. The van der Waals surface area contributed by atoms with E-state index in [1.165, 1.54) is 23.5 Å². The second-order valence-corrected chi connectivity index (χ2v) is 5.08. The molecule has 0 amide bonds. The maximum absolute atomic E-state index is 11.0. The van der Waals surface area contributed by atoms with Gasteiger partial charge in [-0.3, -0.25) is 0 Å². The van der Waals surface area contributed by atoms with Crippen molar-refractivity contribution in [2.24, 2.45) is 0 Å². The largest absolute Gasteiger partial charge is 0.619 e. The van der Waals surface area contributed by atoms with Gasteiger partial charge in [0.05, 0.1) is 0 Å². The lowest BCUT2D eigenvalue weighted by Gasteiger charge is -2.16. The Bertz CT molecular complexity index is 563. The minimum atomic E-state index is 0.252. The van der Waals surface area contributed by atoms with E-state index in [4.69, 9.17) is 11.6 Å². The molecule has 94 valence electrons. The van der Waals surface area contributed by atoms with Crippen LogP contribution >= 0.6 is 11.6 Å². The summed E-state index contributed by atoms with van der Waals surface area (Å²) < 4.78 is 0.802. The third kappa shape index (κ3) is 2.49. The molecule has 3 heteroatoms. The molecule has 0 N–H and O–H groups in total. The molecule has 1 aromatic carbocycles. The highest BCUT2D eigenvalue weighted by atomic mass is 35.5. The zero-order chi connectivity index (χ0) is 13.3. The molecular formula is C15H16ClNO. The molecule has 0 saturated carbocycles. The van der Waals surface area contributed by atoms with E-state index in [9.17, 15) is 5.21 Å². The number of hydrogen-bond donors (Lipinski definition) is 0. The van der Waals surface area contributed by atoms with Crippen LogP contribution in [0.4, 0.5) is 0 Å². The number of rotatable bonds is 2. The topological polar surface area (TPSA) is 26.9 Å². The van der Waals surface area contributed by atoms with Gasteiger partial charge in [0.1, 0.15) is 0 Å². The van der Waals surface area contributed by atoms with Crippen molar-refractivity contribution in [3.05, 3.63) is 69.1 Å². The van der Waals surface area contributed by atoms with Crippen LogP contribution in [0, 0.1) is 19.1 Å². The fourth-order valence-electron chi connectivity index (χ4n) is 2.16. The second kappa shape index (κ2) is 4.99. The number of aromatic nitrogens is 1. The molecule has 18 heavy (non-hydrogen) atoms. The molecule has 2 nitrogen and oxygen atoms in total. The van der Waals surface area contributed by atoms with E-state index in [2.05, 4.69) is 19.9 Å². The molecule has 2 rings (SSSR count). The molecule has 1 atom stereocenters. The monoisotopic (exact) mass is 261 g/mol. The van der Waals surface area contributed by atoms with Gasteiger partial charge in [-0.05, 0) is 42.2 Å². The zero-order valence-electron chi connectivity index (χ0n) is 10.8. The van der Waals surface area contributed by atoms with E-state index in [1.54, 1.807) is 0 Å². The van der Waals surface area contributed by atoms with Gasteiger partial charge < -0.3 is 5.21 Å². The van der Waals surface area contributed by atoms with E-state index >= 15 is 0 Å². The number of benzene rings is 1. The fourth-order valence-corrected chi connectivity index (χ4v) is 2.38. The maximum Gasteiger partial charge on any atom is 0.180 e. The minimum absolute atomic E-state index is 0.252. The predicted octanol–water partition coefficient (Wildman–Crippen LogP) is 3.74. The van der Waals surface area contributed by atoms with Crippen molar-refractivity contribution in [2.45, 2.75) is 26.7 Å². The summed E-state index contributed by atoms with van der Waals surface area (Å²) in [6, 6.07) is 7.85. The van der Waals surface area contributed by atoms with Crippen LogP contribution in [0.5, 0.6) is 0 Å². The molecular weight excluding hydrogens is 246 g/mol. The predicted molar refractivity (Wildman–Crippen MR) is 73.8 cm³/mol. The van der Waals surface area contributed by atoms with Crippen LogP contribution in [0.25, 0.3) is 0 Å². The molecule has 0 fully saturated rings. The average Bonchev–Trinajstić information content (AvgIpc) is 2.34. The van der Waals surface area contributed by atoms with Crippen LogP contribution in [-0.4, -0.2) is 0 Å². The van der Waals surface area contributed by atoms with Gasteiger partial charge in [0.25, 0.3) is 0 Å². The van der Waals surface area contributed by atoms with Gasteiger partial charge in [-0.25, -0.2) is 0 Å². The lowest BCUT2D eigenvalue weighted by atomic mass is 9.89. The highest BCUT2D eigenvalue weighted by Gasteiger charge is 2.13. The van der Waals surface area contributed by atoms with Gasteiger partial charge in [-0.15, -0.1) is 0 Å². The first kappa shape index (κ1) is 12.9. The number of pyridine rings is 1. The Hall–Kier alpha value is -1.54. The van der Waals surface area contributed by atoms with Crippen LogP contribution in [0.2, 0.25) is 5.02 Å². The first-order valence-electron chi connectivity index (χ1n) is 5.94. The first-order chi connectivity index (χ1) is 8.49. The Morgan fingerprint density at radius 2 is 1.72 bits per heavy atom. The number of aryl methyl sites for hydroxylation is 2. The normalized spacial score (nSPS) is 12.4. The summed E-state index contributed by atoms with van der Waals surface area (Å²) in [7, 11) is 0. The molecule has 1 aromatic heterocycles. The Kier molecular flexibility index (Phi) is 3.58. The van der Waals surface area contributed by atoms with Crippen LogP contribution < -0.4 is 4.73 Å². The molecule has 0 radical (unpaired) electrons. The molecule has 0 aliphatic heterocycles. The quantitative estimate of drug-likeness (QED) is 0.598. The van der Waals surface area contributed by atoms with Gasteiger partial charge in [0.15, 0.2) is 12.4 Å². The number of halogens is 1. The number of hydrogen-bond acceptors (Lipinski definition) is 1. The van der Waals surface area contributed by atoms with Crippen molar-refractivity contribution in [3.8, 4) is 0 Å². The minimum Gasteiger partial charge on any atom is -0.619 e. The van der Waals surface area contributed by atoms with Crippen molar-refractivity contribution in [3.63, 3.8) is 0 Å². The van der Waals surface area contributed by atoms with E-state index in [0.29, 0.717) is 0 Å². The van der Waals surface area contributed by atoms with Gasteiger partial charge in [-0.1, -0.05) is 24.6 Å². The summed E-state index contributed by atoms with van der Waals surface area (Å²) >= 11 is 6.11. The summed E-state index contributed by atoms with van der Waals surface area (Å²) in [6.45, 7) is 6.21. The van der Waals surface area contributed by atoms with E-state index in [1.807, 2.05) is 25.1 Å². The Morgan fingerprint density at radius 3 is 2.33 bits per heavy atom. The Morgan fingerprint density at radius 1 is 1.11 bits per heavy atom. The third-order valence-corrected chi connectivity index (χ3v) is 3.75. The van der Waals surface area contributed by atoms with E-state index < -0.39 is 0 Å². The second-order valence-electron chi connectivity index (χ2n) is 4.67. The molecule has 0 aliphatic rings. The Balaban J connectivity index is 2.42. The van der Waals surface area contributed by atoms with Crippen molar-refractivity contribution in [1.82, 2.24) is 0 Å². The van der Waals surface area contributed by atoms with Gasteiger partial charge in [0, 0.05) is 23.1 Å². The zero-order valence-corrected chi connectivity index (χ0v) is 11.5. The highest BCUT2D eigenvalue weighted by Crippen LogP contribution is 2.29. The molecule has 0 spiro atoms. The summed E-state index contributed by atoms with van der Waals surface area (Å²) in [6.07, 6.45) is 3.06. The molecule has 0 saturated heterocycles. The van der Waals surface area contributed by atoms with E-state index in [0.717, 1.165) is 20.9 Å². The smallest absolute Gasteiger partial charge is 0.180 e. The van der Waals surface area contributed by atoms with Crippen molar-refractivity contribution in [2.75, 3.05) is 0 Å². The van der Waals surface area contributed by atoms with Gasteiger partial charge in [0.2, 0.25) is 0 Å². The third-order valence-electron chi connectivity index (χ3n) is 3.34. The fraction of sp³-hybridized carbons (Fsp3) is 0.267. The lowest BCUT2D eigenvalue weighted by Crippen LogP contribution is -2.24. The molecule has 0 unspecified atom stereocenters. The van der Waals surface area contributed by atoms with Crippen LogP contribution in [0.3, 0.4) is 0 Å². The van der Waals surface area contributed by atoms with Gasteiger partial charge in [-0.2, -0.15) is 4.73 Å². The van der Waals surface area contributed by atoms with Crippen LogP contribution in [-0.2, 0) is 0 Å². The summed E-state index contributed by atoms with van der Waals surface area (Å²) in [5.74, 6) is 0.252. The maximum atomic E-state index is 11.0.